The van der Waals surface area contributed by atoms with Crippen LogP contribution in [0.5, 0.6) is 0 Å². The van der Waals surface area contributed by atoms with E-state index in [1.165, 1.54) is 18.3 Å². The van der Waals surface area contributed by atoms with Crippen molar-refractivity contribution >= 4 is 34.4 Å². The molecule has 1 aromatic heterocycles. The van der Waals surface area contributed by atoms with Gasteiger partial charge in [0, 0.05) is 13.2 Å². The molecule has 0 aromatic carbocycles. The number of hydrogen-bond donors (Lipinski definition) is 2. The molecule has 0 aliphatic rings. The van der Waals surface area contributed by atoms with Gasteiger partial charge in [0.25, 0.3) is 0 Å². The topological polar surface area (TPSA) is 62.2 Å². The molecule has 0 bridgehead atoms. The summed E-state index contributed by atoms with van der Waals surface area (Å²) in [6, 6.07) is 0. The number of nitrogens with one attached hydrogen (secondary N) is 1. The van der Waals surface area contributed by atoms with E-state index in [0.717, 1.165) is 11.4 Å². The van der Waals surface area contributed by atoms with E-state index in [-0.39, 0.29) is 0 Å². The van der Waals surface area contributed by atoms with Crippen LogP contribution in [0.3, 0.4) is 0 Å². The molecule has 2 N–H and O–H groups in total. The van der Waals surface area contributed by atoms with E-state index in [4.69, 9.17) is 21.5 Å². The molecular weight excluding hydrogens is 212 g/mol. The van der Waals surface area contributed by atoms with Crippen LogP contribution in [0.2, 0.25) is 0 Å². The van der Waals surface area contributed by atoms with Crippen molar-refractivity contribution in [2.24, 2.45) is 0 Å². The lowest BCUT2D eigenvalue weighted by atomic mass is 10.6. The van der Waals surface area contributed by atoms with Gasteiger partial charge in [-0.1, -0.05) is 22.9 Å². The molecule has 0 fully saturated rings. The van der Waals surface area contributed by atoms with Crippen LogP contribution in [0.1, 0.15) is 17.4 Å². The van der Waals surface area contributed by atoms with Crippen LogP contribution in [-0.4, -0.2) is 23.4 Å². The van der Waals surface area contributed by atoms with Gasteiger partial charge >= 0.3 is 0 Å². The summed E-state index contributed by atoms with van der Waals surface area (Å²) in [5, 5.41) is 12.4. The first-order valence-electron chi connectivity index (χ1n) is 3.51. The monoisotopic (exact) mass is 222 g/mol. The van der Waals surface area contributed by atoms with Crippen LogP contribution in [0.25, 0.3) is 0 Å². The second kappa shape index (κ2) is 6.82. The normalized spacial score (nSPS) is 11.1. The Labute approximate surface area is 85.6 Å². The van der Waals surface area contributed by atoms with E-state index in [1.807, 2.05) is 0 Å². The summed E-state index contributed by atoms with van der Waals surface area (Å²) >= 11 is 6.71. The van der Waals surface area contributed by atoms with Gasteiger partial charge in [-0.25, -0.2) is 4.98 Å². The summed E-state index contributed by atoms with van der Waals surface area (Å²) in [5.74, 6) is 0. The highest BCUT2D eigenvalue weighted by Gasteiger charge is 2.06. The van der Waals surface area contributed by atoms with Crippen molar-refractivity contribution < 1.29 is 9.90 Å². The maximum absolute atomic E-state index is 8.84. The van der Waals surface area contributed by atoms with Crippen LogP contribution in [-0.2, 0) is 4.79 Å². The number of nitrogens with zero attached hydrogens (tertiary/aromatic N) is 1. The third-order valence-corrected chi connectivity index (χ3v) is 2.40. The molecule has 13 heavy (non-hydrogen) atoms. The van der Waals surface area contributed by atoms with E-state index >= 15 is 0 Å². The summed E-state index contributed by atoms with van der Waals surface area (Å²) in [6.07, 6.45) is 2.30. The first kappa shape index (κ1) is 12.3. The van der Waals surface area contributed by atoms with E-state index in [1.54, 1.807) is 13.2 Å². The molecule has 1 rings (SSSR count). The Morgan fingerprint density at radius 3 is 2.62 bits per heavy atom. The Kier molecular flexibility index (Phi) is 6.48. The molecule has 0 saturated heterocycles. The fourth-order valence-corrected chi connectivity index (χ4v) is 1.34. The van der Waals surface area contributed by atoms with Crippen molar-refractivity contribution in [3.63, 3.8) is 0 Å². The summed E-state index contributed by atoms with van der Waals surface area (Å²) in [7, 11) is 1.77. The predicted molar refractivity (Wildman–Crippen MR) is 54.2 cm³/mol. The lowest BCUT2D eigenvalue weighted by molar-refractivity contribution is -0.106. The van der Waals surface area contributed by atoms with Gasteiger partial charge in [0.15, 0.2) is 10.7 Å². The van der Waals surface area contributed by atoms with Crippen molar-refractivity contribution in [3.05, 3.63) is 11.1 Å². The number of alkyl halides is 1. The van der Waals surface area contributed by atoms with E-state index in [2.05, 4.69) is 10.3 Å². The average molecular weight is 223 g/mol. The van der Waals surface area contributed by atoms with Crippen molar-refractivity contribution in [1.29, 1.82) is 0 Å². The van der Waals surface area contributed by atoms with Gasteiger partial charge in [0.2, 0.25) is 0 Å². The lowest BCUT2D eigenvalue weighted by Crippen LogP contribution is -1.83. The smallest absolute Gasteiger partial charge is 0.182 e. The maximum atomic E-state index is 8.84. The number of anilines is 1. The SMILES string of the molecule is CC=O.CNc1ncc(C(O)Cl)s1. The molecule has 0 spiro atoms. The third kappa shape index (κ3) is 4.82. The van der Waals surface area contributed by atoms with Crippen LogP contribution in [0.4, 0.5) is 5.13 Å². The van der Waals surface area contributed by atoms with Crippen LogP contribution < -0.4 is 5.32 Å². The highest BCUT2D eigenvalue weighted by Crippen LogP contribution is 2.25. The van der Waals surface area contributed by atoms with Crippen molar-refractivity contribution in [3.8, 4) is 0 Å². The Bertz CT molecular complexity index is 252. The molecule has 0 aliphatic heterocycles. The number of thiazole rings is 1. The molecule has 4 nitrogen and oxygen atoms in total. The lowest BCUT2D eigenvalue weighted by Gasteiger charge is -1.92. The molecule has 1 atom stereocenters. The number of carbonyl (C=O) groups excluding carboxylic acids is 1. The maximum Gasteiger partial charge on any atom is 0.182 e. The number of halogens is 1. The van der Waals surface area contributed by atoms with Crippen LogP contribution in [0, 0.1) is 0 Å². The first-order chi connectivity index (χ1) is 6.15. The minimum Gasteiger partial charge on any atom is -0.373 e. The molecule has 0 saturated carbocycles. The summed E-state index contributed by atoms with van der Waals surface area (Å²) in [5.41, 5.74) is -0.931. The van der Waals surface area contributed by atoms with Gasteiger partial charge in [-0.3, -0.25) is 0 Å². The molecular formula is C7H11ClN2O2S. The molecule has 1 unspecified atom stereocenters. The van der Waals surface area contributed by atoms with Gasteiger partial charge in [-0.05, 0) is 6.92 Å². The van der Waals surface area contributed by atoms with Crippen molar-refractivity contribution in [2.45, 2.75) is 12.5 Å². The Balaban J connectivity index is 0.000000424. The van der Waals surface area contributed by atoms with Crippen LogP contribution in [0.15, 0.2) is 6.20 Å². The van der Waals surface area contributed by atoms with Crippen molar-refractivity contribution in [1.82, 2.24) is 4.98 Å². The first-order valence-corrected chi connectivity index (χ1v) is 4.76. The van der Waals surface area contributed by atoms with Crippen molar-refractivity contribution in [2.75, 3.05) is 12.4 Å². The zero-order chi connectivity index (χ0) is 10.3. The Morgan fingerprint density at radius 1 is 1.85 bits per heavy atom. The summed E-state index contributed by atoms with van der Waals surface area (Å²) in [4.78, 5) is 13.4. The highest BCUT2D eigenvalue weighted by atomic mass is 35.5. The molecule has 0 amide bonds. The molecule has 1 heterocycles. The highest BCUT2D eigenvalue weighted by molar-refractivity contribution is 7.15. The van der Waals surface area contributed by atoms with E-state index in [0.29, 0.717) is 4.88 Å². The number of aliphatic hydroxyl groups excluding tert-OH is 1. The zero-order valence-electron chi connectivity index (χ0n) is 7.32. The van der Waals surface area contributed by atoms with E-state index < -0.39 is 5.56 Å². The van der Waals surface area contributed by atoms with Gasteiger partial charge in [-0.15, -0.1) is 0 Å². The molecule has 74 valence electrons. The number of hydrogen-bond acceptors (Lipinski definition) is 5. The third-order valence-electron chi connectivity index (χ3n) is 0.972. The fourth-order valence-electron chi connectivity index (χ4n) is 0.512. The second-order valence-electron chi connectivity index (χ2n) is 1.89. The minimum atomic E-state index is -0.931. The van der Waals surface area contributed by atoms with Crippen LogP contribution >= 0.6 is 22.9 Å². The fraction of sp³-hybridized carbons (Fsp3) is 0.429. The van der Waals surface area contributed by atoms with Gasteiger partial charge < -0.3 is 15.2 Å². The van der Waals surface area contributed by atoms with Gasteiger partial charge in [0.1, 0.15) is 6.29 Å². The Hall–Kier alpha value is -0.650. The predicted octanol–water partition coefficient (Wildman–Crippen LogP) is 1.62. The van der Waals surface area contributed by atoms with Gasteiger partial charge in [0.05, 0.1) is 4.88 Å². The average Bonchev–Trinajstić information content (AvgIpc) is 2.53. The number of aliphatic hydroxyl groups is 1. The number of rotatable bonds is 2. The molecule has 0 radical (unpaired) electrons. The van der Waals surface area contributed by atoms with Gasteiger partial charge in [-0.2, -0.15) is 0 Å². The molecule has 0 aliphatic carbocycles. The number of carbonyl (C=O) groups is 1. The standard InChI is InChI=1S/C5H7ClN2OS.C2H4O/c1-7-5-8-2-3(10-5)4(6)9;1-2-3/h2,4,9H,1H3,(H,7,8);2H,1H3. The Morgan fingerprint density at radius 2 is 2.38 bits per heavy atom. The number of aromatic nitrogens is 1. The van der Waals surface area contributed by atoms with E-state index in [9.17, 15) is 0 Å². The minimum absolute atomic E-state index is 0.658. The largest absolute Gasteiger partial charge is 0.373 e. The zero-order valence-corrected chi connectivity index (χ0v) is 8.89. The second-order valence-corrected chi connectivity index (χ2v) is 3.36. The quantitative estimate of drug-likeness (QED) is 0.590. The number of aldehydes is 1. The molecule has 6 heteroatoms. The summed E-state index contributed by atoms with van der Waals surface area (Å²) in [6.45, 7) is 1.44. The molecule has 1 aromatic rings. The summed E-state index contributed by atoms with van der Waals surface area (Å²) < 4.78 is 0.